The van der Waals surface area contributed by atoms with Crippen LogP contribution in [0.3, 0.4) is 0 Å². The molecule has 0 bridgehead atoms. The van der Waals surface area contributed by atoms with E-state index >= 15 is 0 Å². The minimum Gasteiger partial charge on any atom is -0.481 e. The van der Waals surface area contributed by atoms with Crippen LogP contribution in [0.5, 0.6) is 0 Å². The molecule has 1 aromatic heterocycles. The molecule has 4 heteroatoms. The molecule has 0 fully saturated rings. The molecule has 0 atom stereocenters. The van der Waals surface area contributed by atoms with Crippen molar-refractivity contribution in [3.8, 4) is 0 Å². The Kier molecular flexibility index (Phi) is 3.73. The zero-order valence-corrected chi connectivity index (χ0v) is 10.4. The second-order valence-electron chi connectivity index (χ2n) is 5.14. The van der Waals surface area contributed by atoms with Crippen molar-refractivity contribution < 1.29 is 9.90 Å². The van der Waals surface area contributed by atoms with E-state index in [1.807, 2.05) is 11.7 Å². The third-order valence-electron chi connectivity index (χ3n) is 2.57. The zero-order valence-electron chi connectivity index (χ0n) is 10.4. The second kappa shape index (κ2) is 4.68. The average molecular weight is 224 g/mol. The highest BCUT2D eigenvalue weighted by molar-refractivity contribution is 5.66. The summed E-state index contributed by atoms with van der Waals surface area (Å²) in [4.78, 5) is 10.4. The lowest BCUT2D eigenvalue weighted by Crippen LogP contribution is -2.12. The van der Waals surface area contributed by atoms with E-state index < -0.39 is 5.97 Å². The second-order valence-corrected chi connectivity index (χ2v) is 5.14. The van der Waals surface area contributed by atoms with E-state index in [9.17, 15) is 4.79 Å². The topological polar surface area (TPSA) is 55.1 Å². The number of carbonyl (C=O) groups is 1. The van der Waals surface area contributed by atoms with Crippen molar-refractivity contribution in [2.75, 3.05) is 0 Å². The summed E-state index contributed by atoms with van der Waals surface area (Å²) in [7, 11) is 1.91. The van der Waals surface area contributed by atoms with Gasteiger partial charge in [-0.05, 0) is 18.9 Å². The van der Waals surface area contributed by atoms with Gasteiger partial charge in [0.05, 0.1) is 5.69 Å². The van der Waals surface area contributed by atoms with Crippen LogP contribution in [0.2, 0.25) is 0 Å². The number of hydrogen-bond donors (Lipinski definition) is 1. The van der Waals surface area contributed by atoms with Gasteiger partial charge >= 0.3 is 5.97 Å². The van der Waals surface area contributed by atoms with Crippen molar-refractivity contribution >= 4 is 5.97 Å². The van der Waals surface area contributed by atoms with Gasteiger partial charge in [0.25, 0.3) is 0 Å². The molecule has 0 unspecified atom stereocenters. The molecule has 0 aliphatic carbocycles. The van der Waals surface area contributed by atoms with Gasteiger partial charge in [-0.2, -0.15) is 5.10 Å². The van der Waals surface area contributed by atoms with Crippen LogP contribution in [0.25, 0.3) is 0 Å². The largest absolute Gasteiger partial charge is 0.481 e. The predicted molar refractivity (Wildman–Crippen MR) is 62.5 cm³/mol. The molecule has 0 aromatic carbocycles. The molecule has 0 aliphatic rings. The van der Waals surface area contributed by atoms with Gasteiger partial charge in [-0.3, -0.25) is 9.48 Å². The lowest BCUT2D eigenvalue weighted by molar-refractivity contribution is -0.137. The number of hydrogen-bond acceptors (Lipinski definition) is 2. The monoisotopic (exact) mass is 224 g/mol. The highest BCUT2D eigenvalue weighted by Crippen LogP contribution is 2.21. The summed E-state index contributed by atoms with van der Waals surface area (Å²) >= 11 is 0. The Morgan fingerprint density at radius 3 is 2.56 bits per heavy atom. The third-order valence-corrected chi connectivity index (χ3v) is 2.57. The van der Waals surface area contributed by atoms with E-state index in [-0.39, 0.29) is 11.8 Å². The van der Waals surface area contributed by atoms with Gasteiger partial charge in [0, 0.05) is 24.6 Å². The molecule has 0 aliphatic heterocycles. The van der Waals surface area contributed by atoms with Crippen LogP contribution in [0.4, 0.5) is 0 Å². The molecule has 0 radical (unpaired) electrons. The smallest absolute Gasteiger partial charge is 0.303 e. The van der Waals surface area contributed by atoms with E-state index in [0.717, 1.165) is 17.8 Å². The number of carboxylic acids is 1. The number of aromatic nitrogens is 2. The van der Waals surface area contributed by atoms with Crippen LogP contribution in [-0.2, 0) is 23.7 Å². The lowest BCUT2D eigenvalue weighted by Gasteiger charge is -2.13. The zero-order chi connectivity index (χ0) is 12.3. The standard InChI is InChI=1S/C12H20N2O2/c1-12(2,3)10-8-9(14(4)13-10)6-5-7-11(15)16/h8H,5-7H2,1-4H3,(H,15,16). The van der Waals surface area contributed by atoms with Gasteiger partial charge < -0.3 is 5.11 Å². The van der Waals surface area contributed by atoms with Crippen LogP contribution < -0.4 is 0 Å². The van der Waals surface area contributed by atoms with Gasteiger partial charge in [-0.25, -0.2) is 0 Å². The minimum atomic E-state index is -0.738. The van der Waals surface area contributed by atoms with Crippen molar-refractivity contribution in [2.24, 2.45) is 7.05 Å². The normalized spacial score (nSPS) is 11.8. The van der Waals surface area contributed by atoms with Gasteiger partial charge in [0.1, 0.15) is 0 Å². The number of aliphatic carboxylic acids is 1. The number of nitrogens with zero attached hydrogens (tertiary/aromatic N) is 2. The van der Waals surface area contributed by atoms with Crippen LogP contribution in [-0.4, -0.2) is 20.9 Å². The Morgan fingerprint density at radius 1 is 1.50 bits per heavy atom. The highest BCUT2D eigenvalue weighted by atomic mass is 16.4. The summed E-state index contributed by atoms with van der Waals surface area (Å²) in [6.07, 6.45) is 1.65. The Bertz CT molecular complexity index is 375. The third kappa shape index (κ3) is 3.36. The fourth-order valence-electron chi connectivity index (χ4n) is 1.53. The van der Waals surface area contributed by atoms with Crippen LogP contribution in [0.1, 0.15) is 45.0 Å². The molecule has 90 valence electrons. The molecule has 0 amide bonds. The summed E-state index contributed by atoms with van der Waals surface area (Å²) in [6, 6.07) is 2.07. The lowest BCUT2D eigenvalue weighted by atomic mass is 9.92. The summed E-state index contributed by atoms with van der Waals surface area (Å²) < 4.78 is 1.85. The first kappa shape index (κ1) is 12.7. The predicted octanol–water partition coefficient (Wildman–Crippen LogP) is 2.12. The van der Waals surface area contributed by atoms with Gasteiger partial charge in [0.15, 0.2) is 0 Å². The molecule has 0 saturated carbocycles. The molecule has 1 aromatic rings. The highest BCUT2D eigenvalue weighted by Gasteiger charge is 2.18. The molecular formula is C12H20N2O2. The summed E-state index contributed by atoms with van der Waals surface area (Å²) in [5.74, 6) is -0.738. The van der Waals surface area contributed by atoms with E-state index in [4.69, 9.17) is 5.11 Å². The maximum absolute atomic E-state index is 10.4. The molecule has 4 nitrogen and oxygen atoms in total. The first-order valence-corrected chi connectivity index (χ1v) is 5.56. The van der Waals surface area contributed by atoms with Crippen LogP contribution >= 0.6 is 0 Å². The SMILES string of the molecule is Cn1nc(C(C)(C)C)cc1CCCC(=O)O. The van der Waals surface area contributed by atoms with Crippen molar-refractivity contribution in [1.29, 1.82) is 0 Å². The van der Waals surface area contributed by atoms with Crippen LogP contribution in [0, 0.1) is 0 Å². The average Bonchev–Trinajstić information content (AvgIpc) is 2.46. The minimum absolute atomic E-state index is 0.0445. The van der Waals surface area contributed by atoms with Crippen molar-refractivity contribution in [3.05, 3.63) is 17.5 Å². The first-order valence-electron chi connectivity index (χ1n) is 5.56. The van der Waals surface area contributed by atoms with Gasteiger partial charge in [0.2, 0.25) is 0 Å². The van der Waals surface area contributed by atoms with E-state index in [0.29, 0.717) is 6.42 Å². The molecule has 0 saturated heterocycles. The van der Waals surface area contributed by atoms with E-state index in [1.165, 1.54) is 0 Å². The van der Waals surface area contributed by atoms with E-state index in [2.05, 4.69) is 31.9 Å². The Morgan fingerprint density at radius 2 is 2.12 bits per heavy atom. The number of carboxylic acid groups (broad SMARTS) is 1. The Labute approximate surface area is 96.3 Å². The summed E-state index contributed by atoms with van der Waals surface area (Å²) in [5.41, 5.74) is 2.20. The van der Waals surface area contributed by atoms with Crippen molar-refractivity contribution in [1.82, 2.24) is 9.78 Å². The Balaban J connectivity index is 2.67. The number of rotatable bonds is 4. The molecule has 1 N–H and O–H groups in total. The fourth-order valence-corrected chi connectivity index (χ4v) is 1.53. The molecule has 0 spiro atoms. The molecule has 1 heterocycles. The van der Waals surface area contributed by atoms with Crippen LogP contribution in [0.15, 0.2) is 6.07 Å². The maximum Gasteiger partial charge on any atom is 0.303 e. The van der Waals surface area contributed by atoms with Gasteiger partial charge in [-0.15, -0.1) is 0 Å². The quantitative estimate of drug-likeness (QED) is 0.852. The number of aryl methyl sites for hydroxylation is 2. The summed E-state index contributed by atoms with van der Waals surface area (Å²) in [6.45, 7) is 6.36. The van der Waals surface area contributed by atoms with Gasteiger partial charge in [-0.1, -0.05) is 20.8 Å². The molecular weight excluding hydrogens is 204 g/mol. The molecule has 16 heavy (non-hydrogen) atoms. The van der Waals surface area contributed by atoms with Crippen molar-refractivity contribution in [3.63, 3.8) is 0 Å². The summed E-state index contributed by atoms with van der Waals surface area (Å²) in [5, 5.41) is 13.0. The van der Waals surface area contributed by atoms with Crippen molar-refractivity contribution in [2.45, 2.75) is 45.4 Å². The first-order chi connectivity index (χ1) is 7.30. The van der Waals surface area contributed by atoms with E-state index in [1.54, 1.807) is 0 Å². The molecule has 1 rings (SSSR count). The Hall–Kier alpha value is -1.32. The maximum atomic E-state index is 10.4. The fraction of sp³-hybridized carbons (Fsp3) is 0.667.